The third kappa shape index (κ3) is 3.46. The first-order valence-electron chi connectivity index (χ1n) is 9.30. The molecule has 0 spiro atoms. The van der Waals surface area contributed by atoms with Crippen LogP contribution in [0.5, 0.6) is 0 Å². The third-order valence-electron chi connectivity index (χ3n) is 6.48. The molecule has 25 heavy (non-hydrogen) atoms. The van der Waals surface area contributed by atoms with Gasteiger partial charge in [-0.05, 0) is 49.1 Å². The molecule has 2 fully saturated rings. The fourth-order valence-electron chi connectivity index (χ4n) is 4.77. The number of benzene rings is 1. The lowest BCUT2D eigenvalue weighted by Gasteiger charge is -2.48. The molecule has 138 valence electrons. The number of rotatable bonds is 6. The van der Waals surface area contributed by atoms with E-state index in [9.17, 15) is 10.2 Å². The van der Waals surface area contributed by atoms with Crippen molar-refractivity contribution in [1.82, 2.24) is 0 Å². The van der Waals surface area contributed by atoms with Crippen LogP contribution in [0.25, 0.3) is 0 Å². The zero-order chi connectivity index (χ0) is 17.9. The van der Waals surface area contributed by atoms with Crippen molar-refractivity contribution in [2.75, 3.05) is 13.2 Å². The zero-order valence-corrected chi connectivity index (χ0v) is 15.0. The Morgan fingerprint density at radius 3 is 2.96 bits per heavy atom. The standard InChI is InChI=1S/C20H30N2O3/c1-19-7-5-17(16-4-2-3-15(11-16)14-23)12-20(19,24)8-6-18(19)13-22-25-10-9-21/h2-4,11,13,17-18,23-24H,5-10,12,14,21H2,1H3/t17-,18+,19+,20-/m0/s1. The van der Waals surface area contributed by atoms with Gasteiger partial charge in [-0.3, -0.25) is 0 Å². The number of hydrogen-bond donors (Lipinski definition) is 3. The van der Waals surface area contributed by atoms with E-state index >= 15 is 0 Å². The van der Waals surface area contributed by atoms with Crippen molar-refractivity contribution in [3.63, 3.8) is 0 Å². The highest BCUT2D eigenvalue weighted by molar-refractivity contribution is 5.62. The van der Waals surface area contributed by atoms with Crippen molar-refractivity contribution in [2.45, 2.75) is 57.2 Å². The maximum atomic E-state index is 11.4. The van der Waals surface area contributed by atoms with Crippen LogP contribution in [0.3, 0.4) is 0 Å². The van der Waals surface area contributed by atoms with Crippen LogP contribution in [0, 0.1) is 11.3 Å². The highest BCUT2D eigenvalue weighted by Crippen LogP contribution is 2.60. The Morgan fingerprint density at radius 1 is 1.36 bits per heavy atom. The van der Waals surface area contributed by atoms with E-state index < -0.39 is 5.60 Å². The Morgan fingerprint density at radius 2 is 2.20 bits per heavy atom. The topological polar surface area (TPSA) is 88.1 Å². The second kappa shape index (κ2) is 7.44. The molecule has 3 rings (SSSR count). The monoisotopic (exact) mass is 346 g/mol. The van der Waals surface area contributed by atoms with Crippen LogP contribution < -0.4 is 5.73 Å². The number of nitrogens with zero attached hydrogens (tertiary/aromatic N) is 1. The smallest absolute Gasteiger partial charge is 0.129 e. The minimum Gasteiger partial charge on any atom is -0.395 e. The number of fused-ring (bicyclic) bond motifs is 1. The minimum absolute atomic E-state index is 0.0594. The van der Waals surface area contributed by atoms with Crippen molar-refractivity contribution >= 4 is 6.21 Å². The summed E-state index contributed by atoms with van der Waals surface area (Å²) in [6.45, 7) is 3.13. The number of oxime groups is 1. The summed E-state index contributed by atoms with van der Waals surface area (Å²) in [5.74, 6) is 0.578. The first-order valence-corrected chi connectivity index (χ1v) is 9.30. The number of nitrogens with two attached hydrogens (primary N) is 1. The second-order valence-corrected chi connectivity index (χ2v) is 7.81. The molecule has 5 heteroatoms. The molecule has 2 aliphatic carbocycles. The predicted octanol–water partition coefficient (Wildman–Crippen LogP) is 2.55. The maximum Gasteiger partial charge on any atom is 0.129 e. The van der Waals surface area contributed by atoms with Crippen molar-refractivity contribution in [3.8, 4) is 0 Å². The summed E-state index contributed by atoms with van der Waals surface area (Å²) in [6.07, 6.45) is 6.39. The van der Waals surface area contributed by atoms with Crippen LogP contribution in [0.15, 0.2) is 29.4 Å². The molecule has 1 aromatic rings. The van der Waals surface area contributed by atoms with Gasteiger partial charge in [0.15, 0.2) is 0 Å². The van der Waals surface area contributed by atoms with Gasteiger partial charge in [0, 0.05) is 24.1 Å². The summed E-state index contributed by atoms with van der Waals surface area (Å²) in [5, 5.41) is 24.9. The molecule has 4 atom stereocenters. The van der Waals surface area contributed by atoms with Gasteiger partial charge in [0.05, 0.1) is 12.2 Å². The zero-order valence-electron chi connectivity index (χ0n) is 15.0. The van der Waals surface area contributed by atoms with Gasteiger partial charge >= 0.3 is 0 Å². The van der Waals surface area contributed by atoms with Gasteiger partial charge < -0.3 is 20.8 Å². The van der Waals surface area contributed by atoms with Crippen LogP contribution in [0.4, 0.5) is 0 Å². The number of hydrogen-bond acceptors (Lipinski definition) is 5. The summed E-state index contributed by atoms with van der Waals surface area (Å²) >= 11 is 0. The van der Waals surface area contributed by atoms with Gasteiger partial charge in [0.1, 0.15) is 6.61 Å². The summed E-state index contributed by atoms with van der Waals surface area (Å²) < 4.78 is 0. The Bertz CT molecular complexity index is 621. The average molecular weight is 346 g/mol. The summed E-state index contributed by atoms with van der Waals surface area (Å²) in [5.41, 5.74) is 6.75. The third-order valence-corrected chi connectivity index (χ3v) is 6.48. The molecule has 0 aliphatic heterocycles. The molecular weight excluding hydrogens is 316 g/mol. The predicted molar refractivity (Wildman–Crippen MR) is 98.2 cm³/mol. The normalized spacial score (nSPS) is 35.0. The van der Waals surface area contributed by atoms with E-state index in [1.807, 2.05) is 18.3 Å². The molecule has 0 aromatic heterocycles. The number of aliphatic hydroxyl groups is 2. The largest absolute Gasteiger partial charge is 0.395 e. The van der Waals surface area contributed by atoms with Gasteiger partial charge in [-0.2, -0.15) is 0 Å². The first-order chi connectivity index (χ1) is 12.0. The lowest BCUT2D eigenvalue weighted by molar-refractivity contribution is -0.0959. The van der Waals surface area contributed by atoms with Gasteiger partial charge in [-0.1, -0.05) is 36.3 Å². The van der Waals surface area contributed by atoms with Crippen molar-refractivity contribution in [3.05, 3.63) is 35.4 Å². The van der Waals surface area contributed by atoms with Crippen LogP contribution in [0.1, 0.15) is 56.1 Å². The van der Waals surface area contributed by atoms with Crippen LogP contribution >= 0.6 is 0 Å². The highest BCUT2D eigenvalue weighted by atomic mass is 16.6. The quantitative estimate of drug-likeness (QED) is 0.420. The molecule has 4 N–H and O–H groups in total. The van der Waals surface area contributed by atoms with Gasteiger partial charge in [-0.25, -0.2) is 0 Å². The lowest BCUT2D eigenvalue weighted by atomic mass is 9.59. The van der Waals surface area contributed by atoms with Crippen molar-refractivity contribution in [2.24, 2.45) is 22.2 Å². The van der Waals surface area contributed by atoms with Gasteiger partial charge in [0.2, 0.25) is 0 Å². The molecule has 0 bridgehead atoms. The van der Waals surface area contributed by atoms with E-state index in [0.717, 1.165) is 37.7 Å². The SMILES string of the molecule is C[C@]12CC[C@H](c3cccc(CO)c3)C[C@@]1(O)CC[C@@H]2C=NOCCN. The lowest BCUT2D eigenvalue weighted by Crippen LogP contribution is -2.49. The minimum atomic E-state index is -0.671. The molecule has 0 unspecified atom stereocenters. The van der Waals surface area contributed by atoms with Crippen LogP contribution in [-0.2, 0) is 11.4 Å². The molecular formula is C20H30N2O3. The molecule has 1 aromatic carbocycles. The number of aliphatic hydroxyl groups excluding tert-OH is 1. The van der Waals surface area contributed by atoms with E-state index in [2.05, 4.69) is 24.2 Å². The molecule has 0 heterocycles. The molecule has 0 amide bonds. The average Bonchev–Trinajstić information content (AvgIpc) is 2.89. The van der Waals surface area contributed by atoms with Crippen molar-refractivity contribution in [1.29, 1.82) is 0 Å². The Hall–Kier alpha value is -1.43. The van der Waals surface area contributed by atoms with E-state index in [-0.39, 0.29) is 17.9 Å². The Labute approximate surface area is 149 Å². The molecule has 5 nitrogen and oxygen atoms in total. The summed E-state index contributed by atoms with van der Waals surface area (Å²) in [6, 6.07) is 8.13. The van der Waals surface area contributed by atoms with Gasteiger partial charge in [0.25, 0.3) is 0 Å². The molecule has 0 radical (unpaired) electrons. The second-order valence-electron chi connectivity index (χ2n) is 7.81. The van der Waals surface area contributed by atoms with Crippen LogP contribution in [0.2, 0.25) is 0 Å². The maximum absolute atomic E-state index is 11.4. The van der Waals surface area contributed by atoms with E-state index in [0.29, 0.717) is 19.1 Å². The summed E-state index contributed by atoms with van der Waals surface area (Å²) in [4.78, 5) is 5.16. The van der Waals surface area contributed by atoms with E-state index in [1.54, 1.807) is 0 Å². The Balaban J connectivity index is 1.73. The fourth-order valence-corrected chi connectivity index (χ4v) is 4.77. The van der Waals surface area contributed by atoms with E-state index in [4.69, 9.17) is 10.6 Å². The fraction of sp³-hybridized carbons (Fsp3) is 0.650. The summed E-state index contributed by atoms with van der Waals surface area (Å²) in [7, 11) is 0. The molecule has 0 saturated heterocycles. The molecule has 2 aliphatic rings. The van der Waals surface area contributed by atoms with Gasteiger partial charge in [-0.15, -0.1) is 0 Å². The first kappa shape index (κ1) is 18.4. The molecule has 2 saturated carbocycles. The van der Waals surface area contributed by atoms with Crippen LogP contribution in [-0.4, -0.2) is 35.2 Å². The van der Waals surface area contributed by atoms with Crippen molar-refractivity contribution < 1.29 is 15.1 Å². The highest BCUT2D eigenvalue weighted by Gasteiger charge is 2.58. The van der Waals surface area contributed by atoms with E-state index in [1.165, 1.54) is 5.56 Å². The Kier molecular flexibility index (Phi) is 5.46.